The molecule has 0 saturated heterocycles. The molecule has 0 unspecified atom stereocenters. The van der Waals surface area contributed by atoms with Crippen molar-refractivity contribution in [3.05, 3.63) is 90.4 Å². The summed E-state index contributed by atoms with van der Waals surface area (Å²) in [6, 6.07) is 14.1. The van der Waals surface area contributed by atoms with E-state index < -0.39 is 5.69 Å². The van der Waals surface area contributed by atoms with Crippen LogP contribution in [-0.2, 0) is 30.7 Å². The van der Waals surface area contributed by atoms with Gasteiger partial charge in [-0.1, -0.05) is 35.9 Å². The molecule has 0 fully saturated rings. The first-order valence-corrected chi connectivity index (χ1v) is 12.6. The van der Waals surface area contributed by atoms with E-state index in [-0.39, 0.29) is 24.6 Å². The summed E-state index contributed by atoms with van der Waals surface area (Å²) < 4.78 is 7.86. The summed E-state index contributed by atoms with van der Waals surface area (Å²) in [6.45, 7) is 0.0380. The van der Waals surface area contributed by atoms with Crippen molar-refractivity contribution >= 4 is 39.1 Å². The number of aromatic nitrogens is 2. The first kappa shape index (κ1) is 23.4. The lowest BCUT2D eigenvalue weighted by atomic mass is 9.97. The van der Waals surface area contributed by atoms with E-state index in [0.717, 1.165) is 46.3 Å². The van der Waals surface area contributed by atoms with E-state index in [1.54, 1.807) is 30.3 Å². The highest BCUT2D eigenvalue weighted by Crippen LogP contribution is 2.34. The Bertz CT molecular complexity index is 1550. The molecule has 0 spiro atoms. The van der Waals surface area contributed by atoms with Gasteiger partial charge in [0.15, 0.2) is 0 Å². The van der Waals surface area contributed by atoms with Crippen LogP contribution in [0.25, 0.3) is 15.9 Å². The molecule has 5 rings (SSSR count). The molecule has 2 aromatic heterocycles. The van der Waals surface area contributed by atoms with E-state index in [0.29, 0.717) is 26.7 Å². The Balaban J connectivity index is 1.61. The molecule has 0 radical (unpaired) electrons. The molecule has 1 N–H and O–H groups in total. The molecule has 0 aliphatic heterocycles. The number of carbonyl (C=O) groups excluding carboxylic acids is 1. The second-order valence-corrected chi connectivity index (χ2v) is 9.96. The van der Waals surface area contributed by atoms with Crippen LogP contribution in [0.4, 0.5) is 0 Å². The average Bonchev–Trinajstić information content (AvgIpc) is 3.26. The lowest BCUT2D eigenvalue weighted by Gasteiger charge is -2.14. The molecular weight excluding hydrogens is 486 g/mol. The molecular formula is C26H24ClN3O4S. The maximum absolute atomic E-state index is 13.7. The number of hydrogen-bond donors (Lipinski definition) is 1. The second-order valence-electron chi connectivity index (χ2n) is 8.47. The van der Waals surface area contributed by atoms with Crippen LogP contribution in [0.1, 0.15) is 28.8 Å². The quantitative estimate of drug-likeness (QED) is 0.425. The lowest BCUT2D eigenvalue weighted by Crippen LogP contribution is -2.41. The molecule has 7 nitrogen and oxygen atoms in total. The highest BCUT2D eigenvalue weighted by Gasteiger charge is 2.25. The number of nitrogens with one attached hydrogen (secondary N) is 1. The maximum atomic E-state index is 13.7. The van der Waals surface area contributed by atoms with E-state index in [1.807, 2.05) is 18.2 Å². The van der Waals surface area contributed by atoms with E-state index >= 15 is 0 Å². The molecule has 1 amide bonds. The summed E-state index contributed by atoms with van der Waals surface area (Å²) in [4.78, 5) is 42.0. The van der Waals surface area contributed by atoms with Crippen LogP contribution in [0.3, 0.4) is 0 Å². The third-order valence-electron chi connectivity index (χ3n) is 6.28. The summed E-state index contributed by atoms with van der Waals surface area (Å²) >= 11 is 7.66. The van der Waals surface area contributed by atoms with Crippen molar-refractivity contribution in [2.75, 3.05) is 7.11 Å². The van der Waals surface area contributed by atoms with E-state index in [4.69, 9.17) is 16.3 Å². The number of aryl methyl sites for hydroxylation is 2. The Hall–Kier alpha value is -3.36. The molecule has 0 atom stereocenters. The van der Waals surface area contributed by atoms with Gasteiger partial charge < -0.3 is 10.1 Å². The molecule has 2 heterocycles. The van der Waals surface area contributed by atoms with E-state index in [9.17, 15) is 14.4 Å². The fraction of sp³-hybridized carbons (Fsp3) is 0.269. The van der Waals surface area contributed by atoms with Crippen molar-refractivity contribution in [2.24, 2.45) is 0 Å². The van der Waals surface area contributed by atoms with Crippen LogP contribution in [0.2, 0.25) is 5.02 Å². The van der Waals surface area contributed by atoms with Gasteiger partial charge in [-0.05, 0) is 55.0 Å². The predicted molar refractivity (Wildman–Crippen MR) is 138 cm³/mol. The van der Waals surface area contributed by atoms with Crippen LogP contribution in [0.5, 0.6) is 5.75 Å². The van der Waals surface area contributed by atoms with E-state index in [2.05, 4.69) is 5.32 Å². The average molecular weight is 510 g/mol. The number of fused-ring (bicyclic) bond motifs is 3. The van der Waals surface area contributed by atoms with Gasteiger partial charge in [-0.3, -0.25) is 14.2 Å². The minimum absolute atomic E-state index is 0.205. The minimum atomic E-state index is -0.553. The summed E-state index contributed by atoms with van der Waals surface area (Å²) in [5, 5.41) is 3.94. The van der Waals surface area contributed by atoms with Gasteiger partial charge in [0.25, 0.3) is 5.56 Å². The summed E-state index contributed by atoms with van der Waals surface area (Å²) in [6.07, 6.45) is 3.71. The molecule has 1 aliphatic rings. The second kappa shape index (κ2) is 9.71. The first-order valence-electron chi connectivity index (χ1n) is 11.4. The molecule has 0 saturated carbocycles. The number of thiophene rings is 1. The Morgan fingerprint density at radius 1 is 1.11 bits per heavy atom. The molecule has 4 aromatic rings. The fourth-order valence-corrected chi connectivity index (χ4v) is 6.10. The van der Waals surface area contributed by atoms with Crippen LogP contribution in [0, 0.1) is 0 Å². The van der Waals surface area contributed by atoms with Gasteiger partial charge in [-0.15, -0.1) is 11.3 Å². The molecule has 1 aliphatic carbocycles. The van der Waals surface area contributed by atoms with Gasteiger partial charge in [-0.2, -0.15) is 0 Å². The number of methoxy groups -OCH3 is 1. The number of nitrogens with zero attached hydrogens (tertiary/aromatic N) is 2. The zero-order chi connectivity index (χ0) is 24.5. The third-order valence-corrected chi connectivity index (χ3v) is 7.97. The van der Waals surface area contributed by atoms with Crippen molar-refractivity contribution < 1.29 is 9.53 Å². The Morgan fingerprint density at radius 3 is 2.71 bits per heavy atom. The number of ether oxygens (including phenoxy) is 1. The number of rotatable bonds is 6. The normalized spacial score (nSPS) is 13.0. The van der Waals surface area contributed by atoms with Gasteiger partial charge in [0.2, 0.25) is 5.91 Å². The smallest absolute Gasteiger partial charge is 0.337 e. The standard InChI is InChI=1S/C26H24ClN3O4S/c1-34-18-9-6-8-17(13-18)30-24(32)23-19-10-3-5-12-21(19)35-25(23)29(26(30)33)15-22(31)28-14-16-7-2-4-11-20(16)27/h2,4,6-9,11,13H,3,5,10,12,14-15H2,1H3,(H,28,31). The lowest BCUT2D eigenvalue weighted by molar-refractivity contribution is -0.121. The van der Waals surface area contributed by atoms with Crippen molar-refractivity contribution in [2.45, 2.75) is 38.8 Å². The van der Waals surface area contributed by atoms with Crippen LogP contribution < -0.4 is 21.3 Å². The van der Waals surface area contributed by atoms with Gasteiger partial charge in [0.1, 0.15) is 17.1 Å². The van der Waals surface area contributed by atoms with Gasteiger partial charge >= 0.3 is 5.69 Å². The summed E-state index contributed by atoms with van der Waals surface area (Å²) in [5.41, 5.74) is 1.28. The zero-order valence-corrected chi connectivity index (χ0v) is 20.7. The summed E-state index contributed by atoms with van der Waals surface area (Å²) in [7, 11) is 1.53. The monoisotopic (exact) mass is 509 g/mol. The maximum Gasteiger partial charge on any atom is 0.337 e. The first-order chi connectivity index (χ1) is 17.0. The Kier molecular flexibility index (Phi) is 6.49. The van der Waals surface area contributed by atoms with Crippen molar-refractivity contribution in [1.29, 1.82) is 0 Å². The Morgan fingerprint density at radius 2 is 1.91 bits per heavy atom. The predicted octanol–water partition coefficient (Wildman–Crippen LogP) is 4.07. The summed E-state index contributed by atoms with van der Waals surface area (Å²) in [5.74, 6) is 0.195. The number of benzene rings is 2. The van der Waals surface area contributed by atoms with E-state index in [1.165, 1.54) is 23.0 Å². The van der Waals surface area contributed by atoms with Crippen LogP contribution in [-0.4, -0.2) is 22.2 Å². The number of amides is 1. The molecule has 2 aromatic carbocycles. The number of halogens is 1. The van der Waals surface area contributed by atoms with Crippen molar-refractivity contribution in [3.8, 4) is 11.4 Å². The topological polar surface area (TPSA) is 82.3 Å². The van der Waals surface area contributed by atoms with Crippen LogP contribution >= 0.6 is 22.9 Å². The van der Waals surface area contributed by atoms with Crippen molar-refractivity contribution in [1.82, 2.24) is 14.5 Å². The molecule has 35 heavy (non-hydrogen) atoms. The highest BCUT2D eigenvalue weighted by atomic mass is 35.5. The largest absolute Gasteiger partial charge is 0.497 e. The third kappa shape index (κ3) is 4.39. The molecule has 9 heteroatoms. The minimum Gasteiger partial charge on any atom is -0.497 e. The SMILES string of the molecule is COc1cccc(-n2c(=O)c3c4c(sc3n(CC(=O)NCc3ccccc3Cl)c2=O)CCCC4)c1. The molecule has 0 bridgehead atoms. The number of hydrogen-bond acceptors (Lipinski definition) is 5. The van der Waals surface area contributed by atoms with Crippen molar-refractivity contribution in [3.63, 3.8) is 0 Å². The van der Waals surface area contributed by atoms with Gasteiger partial charge in [-0.25, -0.2) is 9.36 Å². The van der Waals surface area contributed by atoms with Gasteiger partial charge in [0.05, 0.1) is 18.2 Å². The van der Waals surface area contributed by atoms with Gasteiger partial charge in [0, 0.05) is 22.5 Å². The zero-order valence-electron chi connectivity index (χ0n) is 19.2. The number of carbonyl (C=O) groups is 1. The van der Waals surface area contributed by atoms with Crippen LogP contribution in [0.15, 0.2) is 58.1 Å². The highest BCUT2D eigenvalue weighted by molar-refractivity contribution is 7.18. The fourth-order valence-electron chi connectivity index (χ4n) is 4.52. The molecule has 180 valence electrons. The Labute approximate surface area is 210 Å².